The van der Waals surface area contributed by atoms with Gasteiger partial charge in [0.15, 0.2) is 0 Å². The zero-order chi connectivity index (χ0) is 16.6. The third-order valence-electron chi connectivity index (χ3n) is 3.51. The van der Waals surface area contributed by atoms with Crippen LogP contribution < -0.4 is 4.72 Å². The molecule has 0 bridgehead atoms. The molecule has 0 spiro atoms. The Labute approximate surface area is 139 Å². The van der Waals surface area contributed by atoms with E-state index in [1.54, 1.807) is 26.1 Å². The Morgan fingerprint density at radius 2 is 2.00 bits per heavy atom. The molecule has 3 rings (SSSR count). The summed E-state index contributed by atoms with van der Waals surface area (Å²) < 4.78 is 26.6. The van der Waals surface area contributed by atoms with Gasteiger partial charge in [-0.25, -0.2) is 18.4 Å². The van der Waals surface area contributed by atoms with Crippen LogP contribution in [0.3, 0.4) is 0 Å². The minimum atomic E-state index is -3.34. The smallest absolute Gasteiger partial charge is 0.235 e. The fraction of sp³-hybridized carbons (Fsp3) is 0.250. The molecule has 0 unspecified atom stereocenters. The highest BCUT2D eigenvalue weighted by Crippen LogP contribution is 2.31. The molecule has 0 saturated carbocycles. The maximum absolute atomic E-state index is 12.0. The average molecular weight is 347 g/mol. The molecule has 2 aromatic heterocycles. The number of pyridine rings is 1. The summed E-state index contributed by atoms with van der Waals surface area (Å²) in [5.74, 6) is 0. The van der Waals surface area contributed by atoms with Crippen molar-refractivity contribution in [3.63, 3.8) is 0 Å². The minimum absolute atomic E-state index is 0.475. The average Bonchev–Trinajstić information content (AvgIpc) is 2.93. The molecule has 23 heavy (non-hydrogen) atoms. The van der Waals surface area contributed by atoms with Gasteiger partial charge in [-0.05, 0) is 56.7 Å². The van der Waals surface area contributed by atoms with Crippen molar-refractivity contribution >= 4 is 37.4 Å². The van der Waals surface area contributed by atoms with Gasteiger partial charge in [-0.2, -0.15) is 0 Å². The summed E-state index contributed by atoms with van der Waals surface area (Å²) in [6.07, 6.45) is 1.75. The predicted octanol–water partition coefficient (Wildman–Crippen LogP) is 3.82. The largest absolute Gasteiger partial charge is 0.283 e. The van der Waals surface area contributed by atoms with Crippen LogP contribution in [0, 0.1) is 6.92 Å². The molecule has 120 valence electrons. The fourth-order valence-electron chi connectivity index (χ4n) is 2.08. The third kappa shape index (κ3) is 3.20. The molecule has 0 atom stereocenters. The fourth-order valence-corrected chi connectivity index (χ4v) is 3.75. The first kappa shape index (κ1) is 15.9. The highest BCUT2D eigenvalue weighted by molar-refractivity contribution is 7.93. The second kappa shape index (κ2) is 5.90. The van der Waals surface area contributed by atoms with E-state index in [1.807, 2.05) is 31.2 Å². The van der Waals surface area contributed by atoms with Crippen molar-refractivity contribution < 1.29 is 8.42 Å². The van der Waals surface area contributed by atoms with E-state index >= 15 is 0 Å². The molecular weight excluding hydrogens is 330 g/mol. The molecule has 0 aliphatic rings. The molecule has 0 amide bonds. The van der Waals surface area contributed by atoms with Crippen LogP contribution in [-0.2, 0) is 10.0 Å². The van der Waals surface area contributed by atoms with Crippen molar-refractivity contribution in [3.05, 3.63) is 42.1 Å². The first-order valence-corrected chi connectivity index (χ1v) is 9.57. The van der Waals surface area contributed by atoms with Crippen molar-refractivity contribution in [1.29, 1.82) is 0 Å². The monoisotopic (exact) mass is 347 g/mol. The number of nitrogens with one attached hydrogen (secondary N) is 1. The normalized spacial score (nSPS) is 12.0. The van der Waals surface area contributed by atoms with E-state index in [9.17, 15) is 8.42 Å². The zero-order valence-corrected chi connectivity index (χ0v) is 14.7. The molecule has 0 radical (unpaired) electrons. The first-order chi connectivity index (χ1) is 10.9. The highest BCUT2D eigenvalue weighted by atomic mass is 32.2. The van der Waals surface area contributed by atoms with Gasteiger partial charge >= 0.3 is 0 Å². The molecule has 5 nitrogen and oxygen atoms in total. The van der Waals surface area contributed by atoms with Gasteiger partial charge in [-0.3, -0.25) is 4.72 Å². The summed E-state index contributed by atoms with van der Waals surface area (Å²) in [7, 11) is -3.34. The number of sulfonamides is 1. The number of aromatic nitrogens is 2. The molecule has 2 heterocycles. The molecule has 1 aromatic carbocycles. The number of benzene rings is 1. The Morgan fingerprint density at radius 3 is 2.65 bits per heavy atom. The van der Waals surface area contributed by atoms with E-state index < -0.39 is 15.3 Å². The SMILES string of the molecule is Cc1cc(-c2nc3cccnc3s2)ccc1NS(=O)(=O)C(C)C. The Morgan fingerprint density at radius 1 is 1.22 bits per heavy atom. The number of anilines is 1. The van der Waals surface area contributed by atoms with Crippen LogP contribution in [0.4, 0.5) is 5.69 Å². The van der Waals surface area contributed by atoms with E-state index in [-0.39, 0.29) is 0 Å². The summed E-state index contributed by atoms with van der Waals surface area (Å²) in [6, 6.07) is 9.39. The van der Waals surface area contributed by atoms with Crippen LogP contribution in [0.1, 0.15) is 19.4 Å². The van der Waals surface area contributed by atoms with E-state index in [4.69, 9.17) is 0 Å². The van der Waals surface area contributed by atoms with Crippen LogP contribution in [-0.4, -0.2) is 23.6 Å². The van der Waals surface area contributed by atoms with Crippen molar-refractivity contribution in [3.8, 4) is 10.6 Å². The first-order valence-electron chi connectivity index (χ1n) is 7.21. The summed E-state index contributed by atoms with van der Waals surface area (Å²) in [4.78, 5) is 9.77. The van der Waals surface area contributed by atoms with Crippen molar-refractivity contribution in [2.24, 2.45) is 0 Å². The van der Waals surface area contributed by atoms with Crippen molar-refractivity contribution in [2.75, 3.05) is 4.72 Å². The van der Waals surface area contributed by atoms with Gasteiger partial charge < -0.3 is 0 Å². The lowest BCUT2D eigenvalue weighted by Crippen LogP contribution is -2.22. The topological polar surface area (TPSA) is 72.0 Å². The van der Waals surface area contributed by atoms with E-state index in [0.29, 0.717) is 5.69 Å². The summed E-state index contributed by atoms with van der Waals surface area (Å²) in [6.45, 7) is 5.19. The standard InChI is InChI=1S/C16H17N3O2S2/c1-10(2)23(20,21)19-13-7-6-12(9-11(13)3)15-18-14-5-4-8-17-16(14)22-15/h4-10,19H,1-3H3. The maximum atomic E-state index is 12.0. The zero-order valence-electron chi connectivity index (χ0n) is 13.1. The molecule has 1 N–H and O–H groups in total. The quantitative estimate of drug-likeness (QED) is 0.779. The van der Waals surface area contributed by atoms with Crippen molar-refractivity contribution in [2.45, 2.75) is 26.0 Å². The van der Waals surface area contributed by atoms with E-state index in [1.165, 1.54) is 11.3 Å². The third-order valence-corrected chi connectivity index (χ3v) is 6.29. The van der Waals surface area contributed by atoms with Gasteiger partial charge in [0.25, 0.3) is 0 Å². The second-order valence-electron chi connectivity index (χ2n) is 5.57. The Kier molecular flexibility index (Phi) is 4.08. The van der Waals surface area contributed by atoms with E-state index in [0.717, 1.165) is 26.5 Å². The molecule has 0 fully saturated rings. The predicted molar refractivity (Wildman–Crippen MR) is 95.3 cm³/mol. The van der Waals surface area contributed by atoms with Crippen LogP contribution in [0.15, 0.2) is 36.5 Å². The highest BCUT2D eigenvalue weighted by Gasteiger charge is 2.17. The Hall–Kier alpha value is -1.99. The number of hydrogen-bond acceptors (Lipinski definition) is 5. The van der Waals surface area contributed by atoms with Gasteiger partial charge in [-0.15, -0.1) is 0 Å². The van der Waals surface area contributed by atoms with Crippen LogP contribution in [0.5, 0.6) is 0 Å². The molecule has 0 saturated heterocycles. The van der Waals surface area contributed by atoms with Gasteiger partial charge in [-0.1, -0.05) is 11.3 Å². The Bertz CT molecular complexity index is 929. The number of aryl methyl sites for hydroxylation is 1. The Balaban J connectivity index is 1.96. The molecule has 0 aliphatic carbocycles. The summed E-state index contributed by atoms with van der Waals surface area (Å²) in [5, 5.41) is 0.400. The van der Waals surface area contributed by atoms with Crippen LogP contribution in [0.2, 0.25) is 0 Å². The molecule has 0 aliphatic heterocycles. The molecule has 3 aromatic rings. The van der Waals surface area contributed by atoms with Gasteiger partial charge in [0.2, 0.25) is 10.0 Å². The lowest BCUT2D eigenvalue weighted by atomic mass is 10.1. The number of hydrogen-bond donors (Lipinski definition) is 1. The number of thiazole rings is 1. The summed E-state index contributed by atoms with van der Waals surface area (Å²) >= 11 is 1.52. The van der Waals surface area contributed by atoms with Crippen LogP contribution >= 0.6 is 11.3 Å². The number of fused-ring (bicyclic) bond motifs is 1. The molecule has 7 heteroatoms. The van der Waals surface area contributed by atoms with E-state index in [2.05, 4.69) is 14.7 Å². The van der Waals surface area contributed by atoms with Gasteiger partial charge in [0, 0.05) is 11.8 Å². The minimum Gasteiger partial charge on any atom is -0.283 e. The number of rotatable bonds is 4. The lowest BCUT2D eigenvalue weighted by Gasteiger charge is -2.13. The number of nitrogens with zero attached hydrogens (tertiary/aromatic N) is 2. The maximum Gasteiger partial charge on any atom is 0.235 e. The lowest BCUT2D eigenvalue weighted by molar-refractivity contribution is 0.592. The second-order valence-corrected chi connectivity index (χ2v) is 8.79. The summed E-state index contributed by atoms with van der Waals surface area (Å²) in [5.41, 5.74) is 3.29. The molecular formula is C16H17N3O2S2. The van der Waals surface area contributed by atoms with Gasteiger partial charge in [0.05, 0.1) is 10.9 Å². The van der Waals surface area contributed by atoms with Crippen molar-refractivity contribution in [1.82, 2.24) is 9.97 Å². The van der Waals surface area contributed by atoms with Crippen LogP contribution in [0.25, 0.3) is 20.9 Å². The van der Waals surface area contributed by atoms with Gasteiger partial charge in [0.1, 0.15) is 15.4 Å².